The molecule has 0 atom stereocenters. The Bertz CT molecular complexity index is 682. The predicted molar refractivity (Wildman–Crippen MR) is 75.0 cm³/mol. The van der Waals surface area contributed by atoms with Crippen molar-refractivity contribution in [2.24, 2.45) is 0 Å². The summed E-state index contributed by atoms with van der Waals surface area (Å²) < 4.78 is 0. The summed E-state index contributed by atoms with van der Waals surface area (Å²) in [4.78, 5) is 5.74. The molecule has 3 rings (SSSR count). The van der Waals surface area contributed by atoms with Crippen LogP contribution in [0.4, 0.5) is 5.69 Å². The van der Waals surface area contributed by atoms with E-state index in [4.69, 9.17) is 0 Å². The number of nitrogens with one attached hydrogen (secondary N) is 1. The van der Waals surface area contributed by atoms with Crippen molar-refractivity contribution < 1.29 is 0 Å². The van der Waals surface area contributed by atoms with Crippen LogP contribution in [0.2, 0.25) is 0 Å². The normalized spacial score (nSPS) is 11.2. The molecule has 0 saturated heterocycles. The van der Waals surface area contributed by atoms with Gasteiger partial charge in [0, 0.05) is 24.0 Å². The van der Waals surface area contributed by atoms with Crippen molar-refractivity contribution in [3.63, 3.8) is 0 Å². The first-order valence-electron chi connectivity index (χ1n) is 6.32. The van der Waals surface area contributed by atoms with E-state index in [1.54, 1.807) is 0 Å². The van der Waals surface area contributed by atoms with Crippen LogP contribution < -0.4 is 4.90 Å². The summed E-state index contributed by atoms with van der Waals surface area (Å²) in [5, 5.41) is 9.55. The molecule has 0 radical (unpaired) electrons. The number of rotatable bonds is 3. The lowest BCUT2D eigenvalue weighted by Crippen LogP contribution is -2.22. The lowest BCUT2D eigenvalue weighted by atomic mass is 10.2. The molecule has 1 N–H and O–H groups in total. The molecule has 1 aromatic carbocycles. The van der Waals surface area contributed by atoms with Crippen LogP contribution in [0.5, 0.6) is 0 Å². The minimum absolute atomic E-state index is 0.954. The minimum Gasteiger partial charge on any atom is -0.369 e. The quantitative estimate of drug-likeness (QED) is 0.765. The highest BCUT2D eigenvalue weighted by atomic mass is 15.2. The van der Waals surface area contributed by atoms with Gasteiger partial charge in [0.1, 0.15) is 5.52 Å². The molecule has 3 aromatic rings. The zero-order chi connectivity index (χ0) is 12.5. The van der Waals surface area contributed by atoms with E-state index in [1.165, 1.54) is 0 Å². The van der Waals surface area contributed by atoms with Crippen LogP contribution >= 0.6 is 0 Å². The number of H-pyrrole nitrogens is 1. The van der Waals surface area contributed by atoms with Gasteiger partial charge in [-0.05, 0) is 19.9 Å². The maximum absolute atomic E-state index is 4.27. The topological polar surface area (TPSA) is 44.8 Å². The lowest BCUT2D eigenvalue weighted by Gasteiger charge is -2.20. The highest BCUT2D eigenvalue weighted by Crippen LogP contribution is 2.29. The molecule has 0 bridgehead atoms. The maximum Gasteiger partial charge on any atom is 0.121 e. The molecule has 18 heavy (non-hydrogen) atoms. The van der Waals surface area contributed by atoms with Gasteiger partial charge in [0.15, 0.2) is 0 Å². The van der Waals surface area contributed by atoms with Crippen molar-refractivity contribution in [1.29, 1.82) is 0 Å². The zero-order valence-electron chi connectivity index (χ0n) is 10.6. The number of aromatic nitrogens is 3. The van der Waals surface area contributed by atoms with Gasteiger partial charge in [-0.1, -0.05) is 18.2 Å². The Morgan fingerprint density at radius 1 is 1.17 bits per heavy atom. The summed E-state index contributed by atoms with van der Waals surface area (Å²) in [5.41, 5.74) is 4.27. The van der Waals surface area contributed by atoms with Gasteiger partial charge < -0.3 is 9.88 Å². The average molecular weight is 240 g/mol. The Balaban J connectivity index is 2.34. The first-order chi connectivity index (χ1) is 8.85. The monoisotopic (exact) mass is 240 g/mol. The number of nitrogens with zero attached hydrogens (tertiary/aromatic N) is 3. The molecule has 0 aliphatic rings. The molecule has 0 fully saturated rings. The molecule has 4 nitrogen and oxygen atoms in total. The van der Waals surface area contributed by atoms with E-state index in [0.29, 0.717) is 0 Å². The second-order valence-electron chi connectivity index (χ2n) is 4.30. The zero-order valence-corrected chi connectivity index (χ0v) is 10.6. The fourth-order valence-corrected chi connectivity index (χ4v) is 2.43. The Labute approximate surface area is 106 Å². The number of hydrogen-bond donors (Lipinski definition) is 1. The van der Waals surface area contributed by atoms with E-state index in [9.17, 15) is 0 Å². The summed E-state index contributed by atoms with van der Waals surface area (Å²) in [6.07, 6.45) is 1.84. The first-order valence-corrected chi connectivity index (χ1v) is 6.32. The van der Waals surface area contributed by atoms with Gasteiger partial charge in [-0.2, -0.15) is 5.10 Å². The van der Waals surface area contributed by atoms with Gasteiger partial charge in [-0.3, -0.25) is 0 Å². The van der Waals surface area contributed by atoms with Crippen LogP contribution in [0, 0.1) is 0 Å². The standard InChI is InChI=1S/C14H16N4/c1-3-18(4-2)12-9-15-17-13-10-7-5-6-8-11(10)16-14(12)13/h5-9,16H,3-4H2,1-2H3. The van der Waals surface area contributed by atoms with E-state index < -0.39 is 0 Å². The second kappa shape index (κ2) is 4.29. The largest absolute Gasteiger partial charge is 0.369 e. The molecule has 0 spiro atoms. The number of para-hydroxylation sites is 1. The Kier molecular flexibility index (Phi) is 2.63. The lowest BCUT2D eigenvalue weighted by molar-refractivity contribution is 0.861. The fourth-order valence-electron chi connectivity index (χ4n) is 2.43. The van der Waals surface area contributed by atoms with Crippen LogP contribution in [0.15, 0.2) is 30.5 Å². The van der Waals surface area contributed by atoms with Crippen LogP contribution in [0.3, 0.4) is 0 Å². The second-order valence-corrected chi connectivity index (χ2v) is 4.30. The molecule has 2 heterocycles. The molecule has 0 aliphatic carbocycles. The van der Waals surface area contributed by atoms with Crippen molar-refractivity contribution in [2.45, 2.75) is 13.8 Å². The third-order valence-electron chi connectivity index (χ3n) is 3.38. The fraction of sp³-hybridized carbons (Fsp3) is 0.286. The van der Waals surface area contributed by atoms with Crippen molar-refractivity contribution >= 4 is 27.6 Å². The van der Waals surface area contributed by atoms with Crippen LogP contribution in [-0.4, -0.2) is 28.3 Å². The van der Waals surface area contributed by atoms with Crippen LogP contribution in [0.1, 0.15) is 13.8 Å². The molecule has 0 unspecified atom stereocenters. The summed E-state index contributed by atoms with van der Waals surface area (Å²) in [6.45, 7) is 6.23. The minimum atomic E-state index is 0.954. The van der Waals surface area contributed by atoms with E-state index in [0.717, 1.165) is 40.7 Å². The molecular formula is C14H16N4. The predicted octanol–water partition coefficient (Wildman–Crippen LogP) is 2.96. The molecule has 0 amide bonds. The SMILES string of the molecule is CCN(CC)c1cnnc2c1[nH]c1ccccc12. The van der Waals surface area contributed by atoms with Crippen molar-refractivity contribution in [3.8, 4) is 0 Å². The van der Waals surface area contributed by atoms with Gasteiger partial charge in [0.05, 0.1) is 17.4 Å². The van der Waals surface area contributed by atoms with Gasteiger partial charge in [-0.25, -0.2) is 0 Å². The van der Waals surface area contributed by atoms with Gasteiger partial charge >= 0.3 is 0 Å². The van der Waals surface area contributed by atoms with E-state index in [1.807, 2.05) is 18.3 Å². The summed E-state index contributed by atoms with van der Waals surface area (Å²) >= 11 is 0. The van der Waals surface area contributed by atoms with Crippen LogP contribution in [0.25, 0.3) is 21.9 Å². The average Bonchev–Trinajstić information content (AvgIpc) is 2.80. The summed E-state index contributed by atoms with van der Waals surface area (Å²) in [5.74, 6) is 0. The Hall–Kier alpha value is -2.10. The van der Waals surface area contributed by atoms with Gasteiger partial charge in [0.2, 0.25) is 0 Å². The number of aromatic amines is 1. The third kappa shape index (κ3) is 1.53. The highest BCUT2D eigenvalue weighted by Gasteiger charge is 2.12. The van der Waals surface area contributed by atoms with Gasteiger partial charge in [-0.15, -0.1) is 5.10 Å². The first kappa shape index (κ1) is 11.0. The molecular weight excluding hydrogens is 224 g/mol. The van der Waals surface area contributed by atoms with Gasteiger partial charge in [0.25, 0.3) is 0 Å². The summed E-state index contributed by atoms with van der Waals surface area (Å²) in [7, 11) is 0. The van der Waals surface area contributed by atoms with E-state index in [2.05, 4.69) is 46.1 Å². The molecule has 92 valence electrons. The van der Waals surface area contributed by atoms with Crippen molar-refractivity contribution in [2.75, 3.05) is 18.0 Å². The van der Waals surface area contributed by atoms with Crippen molar-refractivity contribution in [1.82, 2.24) is 15.2 Å². The molecule has 2 aromatic heterocycles. The van der Waals surface area contributed by atoms with E-state index >= 15 is 0 Å². The Morgan fingerprint density at radius 3 is 2.72 bits per heavy atom. The number of fused-ring (bicyclic) bond motifs is 3. The summed E-state index contributed by atoms with van der Waals surface area (Å²) in [6, 6.07) is 8.21. The molecule has 0 saturated carbocycles. The molecule has 4 heteroatoms. The number of hydrogen-bond acceptors (Lipinski definition) is 3. The third-order valence-corrected chi connectivity index (χ3v) is 3.38. The molecule has 0 aliphatic heterocycles. The van der Waals surface area contributed by atoms with Crippen molar-refractivity contribution in [3.05, 3.63) is 30.5 Å². The van der Waals surface area contributed by atoms with E-state index in [-0.39, 0.29) is 0 Å². The number of benzene rings is 1. The maximum atomic E-state index is 4.27. The Morgan fingerprint density at radius 2 is 1.94 bits per heavy atom. The highest BCUT2D eigenvalue weighted by molar-refractivity contribution is 6.08. The van der Waals surface area contributed by atoms with Crippen LogP contribution in [-0.2, 0) is 0 Å². The smallest absolute Gasteiger partial charge is 0.121 e. The number of anilines is 1.